The van der Waals surface area contributed by atoms with Crippen LogP contribution in [-0.2, 0) is 9.05 Å². The van der Waals surface area contributed by atoms with Crippen LogP contribution >= 0.6 is 10.7 Å². The minimum atomic E-state index is -4.04. The molecule has 8 heteroatoms. The summed E-state index contributed by atoms with van der Waals surface area (Å²) in [7, 11) is 1.33. The van der Waals surface area contributed by atoms with Crippen LogP contribution in [0.1, 0.15) is 57.2 Å². The Morgan fingerprint density at radius 2 is 1.81 bits per heavy atom. The number of hydrogen-bond acceptors (Lipinski definition) is 4. The minimum Gasteiger partial charge on any atom is -0.346 e. The maximum Gasteiger partial charge on any atom is 0.273 e. The lowest BCUT2D eigenvalue weighted by Crippen LogP contribution is -2.46. The topological polar surface area (TPSA) is 91.9 Å². The number of aromatic nitrogens is 2. The van der Waals surface area contributed by atoms with E-state index < -0.39 is 20.5 Å². The van der Waals surface area contributed by atoms with Crippen LogP contribution in [0, 0.1) is 12.3 Å². The molecular weight excluding hydrogens is 314 g/mol. The molecule has 0 aliphatic heterocycles. The van der Waals surface area contributed by atoms with Gasteiger partial charge in [0.2, 0.25) is 0 Å². The predicted octanol–water partition coefficient (Wildman–Crippen LogP) is 2.59. The average molecular weight is 336 g/mol. The summed E-state index contributed by atoms with van der Waals surface area (Å²) in [6.45, 7) is 11.4. The molecule has 1 heterocycles. The Labute approximate surface area is 130 Å². The summed E-state index contributed by atoms with van der Waals surface area (Å²) in [6.07, 6.45) is 0.720. The fourth-order valence-corrected chi connectivity index (χ4v) is 3.95. The molecule has 0 aliphatic rings. The first-order valence-corrected chi connectivity index (χ1v) is 8.86. The molecule has 0 unspecified atom stereocenters. The van der Waals surface area contributed by atoms with E-state index >= 15 is 0 Å². The van der Waals surface area contributed by atoms with E-state index in [1.165, 1.54) is 6.92 Å². The summed E-state index contributed by atoms with van der Waals surface area (Å²) >= 11 is 0. The van der Waals surface area contributed by atoms with Gasteiger partial charge in [-0.1, -0.05) is 20.8 Å². The minimum absolute atomic E-state index is 0.0136. The molecule has 1 aromatic rings. The first-order chi connectivity index (χ1) is 9.23. The zero-order chi connectivity index (χ0) is 16.6. The van der Waals surface area contributed by atoms with Crippen LogP contribution in [0.2, 0.25) is 0 Å². The lowest BCUT2D eigenvalue weighted by atomic mass is 9.82. The van der Waals surface area contributed by atoms with Crippen molar-refractivity contribution in [3.8, 4) is 0 Å². The summed E-state index contributed by atoms with van der Waals surface area (Å²) in [5, 5.41) is 9.06. The molecule has 0 radical (unpaired) electrons. The Morgan fingerprint density at radius 3 is 2.24 bits per heavy atom. The van der Waals surface area contributed by atoms with E-state index in [0.717, 1.165) is 6.42 Å². The third kappa shape index (κ3) is 5.00. The van der Waals surface area contributed by atoms with Gasteiger partial charge >= 0.3 is 0 Å². The Morgan fingerprint density at radius 1 is 1.29 bits per heavy atom. The van der Waals surface area contributed by atoms with Crippen LogP contribution in [0.3, 0.4) is 0 Å². The normalized spacial score (nSPS) is 13.3. The monoisotopic (exact) mass is 335 g/mol. The molecule has 2 N–H and O–H groups in total. The number of rotatable bonds is 4. The van der Waals surface area contributed by atoms with Gasteiger partial charge < -0.3 is 5.32 Å². The summed E-state index contributed by atoms with van der Waals surface area (Å²) in [5.74, 6) is -0.562. The Bertz CT molecular complexity index is 642. The van der Waals surface area contributed by atoms with Gasteiger partial charge in [-0.2, -0.15) is 5.10 Å². The highest BCUT2D eigenvalue weighted by atomic mass is 35.7. The lowest BCUT2D eigenvalue weighted by Gasteiger charge is -2.33. The molecular formula is C13H22ClN3O3S. The van der Waals surface area contributed by atoms with Gasteiger partial charge in [0.25, 0.3) is 15.0 Å². The zero-order valence-electron chi connectivity index (χ0n) is 13.2. The number of aryl methyl sites for hydroxylation is 1. The van der Waals surface area contributed by atoms with Crippen molar-refractivity contribution in [1.29, 1.82) is 0 Å². The third-order valence-electron chi connectivity index (χ3n) is 2.77. The van der Waals surface area contributed by atoms with Crippen molar-refractivity contribution < 1.29 is 13.2 Å². The molecule has 1 rings (SSSR count). The standard InChI is InChI=1S/C13H22ClN3O3S/c1-8-10(21(14,19)20)9(17-16-8)11(18)15-13(5,6)7-12(2,3)4/h7H2,1-6H3,(H,15,18)(H,16,17). The van der Waals surface area contributed by atoms with Gasteiger partial charge in [0, 0.05) is 16.2 Å². The van der Waals surface area contributed by atoms with Crippen molar-refractivity contribution in [2.75, 3.05) is 0 Å². The second-order valence-electron chi connectivity index (χ2n) is 7.04. The summed E-state index contributed by atoms with van der Waals surface area (Å²) in [5.41, 5.74) is -0.455. The van der Waals surface area contributed by atoms with E-state index in [4.69, 9.17) is 10.7 Å². The molecule has 0 spiro atoms. The maximum atomic E-state index is 12.3. The molecule has 6 nitrogen and oxygen atoms in total. The van der Waals surface area contributed by atoms with E-state index in [1.807, 2.05) is 13.8 Å². The van der Waals surface area contributed by atoms with Crippen molar-refractivity contribution >= 4 is 25.6 Å². The SMILES string of the molecule is Cc1[nH]nc(C(=O)NC(C)(C)CC(C)(C)C)c1S(=O)(=O)Cl. The highest BCUT2D eigenvalue weighted by Crippen LogP contribution is 2.28. The van der Waals surface area contributed by atoms with E-state index in [2.05, 4.69) is 36.3 Å². The van der Waals surface area contributed by atoms with E-state index in [-0.39, 0.29) is 21.7 Å². The molecule has 0 fully saturated rings. The fraction of sp³-hybridized carbons (Fsp3) is 0.692. The van der Waals surface area contributed by atoms with Gasteiger partial charge in [0.1, 0.15) is 4.90 Å². The van der Waals surface area contributed by atoms with Crippen LogP contribution in [0.25, 0.3) is 0 Å². The number of carbonyl (C=O) groups excluding carboxylic acids is 1. The quantitative estimate of drug-likeness (QED) is 0.827. The number of H-pyrrole nitrogens is 1. The molecule has 0 saturated heterocycles. The van der Waals surface area contributed by atoms with Gasteiger partial charge in [0.15, 0.2) is 5.69 Å². The molecule has 1 aromatic heterocycles. The zero-order valence-corrected chi connectivity index (χ0v) is 14.7. The fourth-order valence-electron chi connectivity index (χ4n) is 2.61. The number of nitrogens with zero attached hydrogens (tertiary/aromatic N) is 1. The second-order valence-corrected chi connectivity index (χ2v) is 9.54. The smallest absolute Gasteiger partial charge is 0.273 e. The second kappa shape index (κ2) is 5.61. The van der Waals surface area contributed by atoms with Crippen LogP contribution in [-0.4, -0.2) is 30.1 Å². The molecule has 21 heavy (non-hydrogen) atoms. The number of nitrogens with one attached hydrogen (secondary N) is 2. The van der Waals surface area contributed by atoms with Crippen LogP contribution < -0.4 is 5.32 Å². The number of aromatic amines is 1. The summed E-state index contributed by atoms with van der Waals surface area (Å²) in [4.78, 5) is 12.0. The molecule has 0 atom stereocenters. The van der Waals surface area contributed by atoms with Gasteiger partial charge in [0.05, 0.1) is 5.69 Å². The van der Waals surface area contributed by atoms with Crippen LogP contribution in [0.4, 0.5) is 0 Å². The summed E-state index contributed by atoms with van der Waals surface area (Å²) in [6, 6.07) is 0. The first-order valence-electron chi connectivity index (χ1n) is 6.55. The summed E-state index contributed by atoms with van der Waals surface area (Å²) < 4.78 is 23.1. The predicted molar refractivity (Wildman–Crippen MR) is 82.0 cm³/mol. The van der Waals surface area contributed by atoms with Gasteiger partial charge in [-0.3, -0.25) is 9.89 Å². The molecule has 0 aromatic carbocycles. The van der Waals surface area contributed by atoms with Crippen molar-refractivity contribution in [3.05, 3.63) is 11.4 Å². The number of halogens is 1. The molecule has 0 bridgehead atoms. The Balaban J connectivity index is 3.07. The molecule has 0 aliphatic carbocycles. The number of carbonyl (C=O) groups is 1. The van der Waals surface area contributed by atoms with Crippen molar-refractivity contribution in [2.45, 2.75) is 58.4 Å². The molecule has 120 valence electrons. The number of hydrogen-bond donors (Lipinski definition) is 2. The third-order valence-corrected chi connectivity index (χ3v) is 4.22. The first kappa shape index (κ1) is 18.0. The Hall–Kier alpha value is -1.08. The lowest BCUT2D eigenvalue weighted by molar-refractivity contribution is 0.0883. The largest absolute Gasteiger partial charge is 0.346 e. The average Bonchev–Trinajstić information content (AvgIpc) is 2.54. The Kier molecular flexibility index (Phi) is 4.80. The van der Waals surface area contributed by atoms with E-state index in [1.54, 1.807) is 0 Å². The van der Waals surface area contributed by atoms with Gasteiger partial charge in [-0.05, 0) is 32.6 Å². The van der Waals surface area contributed by atoms with Crippen molar-refractivity contribution in [1.82, 2.24) is 15.5 Å². The van der Waals surface area contributed by atoms with Gasteiger partial charge in [-0.25, -0.2) is 8.42 Å². The molecule has 0 saturated carbocycles. The van der Waals surface area contributed by atoms with Crippen LogP contribution in [0.5, 0.6) is 0 Å². The van der Waals surface area contributed by atoms with Crippen molar-refractivity contribution in [2.24, 2.45) is 5.41 Å². The van der Waals surface area contributed by atoms with E-state index in [0.29, 0.717) is 0 Å². The highest BCUT2D eigenvalue weighted by Gasteiger charge is 2.32. The van der Waals surface area contributed by atoms with Crippen molar-refractivity contribution in [3.63, 3.8) is 0 Å². The molecule has 1 amide bonds. The number of amides is 1. The van der Waals surface area contributed by atoms with E-state index in [9.17, 15) is 13.2 Å². The van der Waals surface area contributed by atoms with Gasteiger partial charge in [-0.15, -0.1) is 0 Å². The maximum absolute atomic E-state index is 12.3. The van der Waals surface area contributed by atoms with Crippen LogP contribution in [0.15, 0.2) is 4.90 Å². The highest BCUT2D eigenvalue weighted by molar-refractivity contribution is 8.13.